The van der Waals surface area contributed by atoms with Crippen molar-refractivity contribution >= 4 is 50.3 Å². The van der Waals surface area contributed by atoms with Crippen LogP contribution in [0.2, 0.25) is 0 Å². The van der Waals surface area contributed by atoms with Crippen molar-refractivity contribution in [1.82, 2.24) is 10.2 Å². The van der Waals surface area contributed by atoms with Crippen LogP contribution in [0.5, 0.6) is 5.75 Å². The molecule has 0 radical (unpaired) electrons. The predicted octanol–water partition coefficient (Wildman–Crippen LogP) is 3.99. The highest BCUT2D eigenvalue weighted by Crippen LogP contribution is 2.16. The van der Waals surface area contributed by atoms with E-state index in [0.29, 0.717) is 18.8 Å². The Hall–Kier alpha value is -1.61. The minimum atomic E-state index is -0.596. The second-order valence-electron chi connectivity index (χ2n) is 5.96. The zero-order valence-corrected chi connectivity index (χ0v) is 19.0. The van der Waals surface area contributed by atoms with Gasteiger partial charge in [-0.3, -0.25) is 9.59 Å². The molecule has 0 aliphatic rings. The molecule has 7 heteroatoms. The summed E-state index contributed by atoms with van der Waals surface area (Å²) >= 11 is 5.61. The molecule has 144 valence electrons. The Kier molecular flexibility index (Phi) is 8.56. The highest BCUT2D eigenvalue weighted by molar-refractivity contribution is 14.1. The highest BCUT2D eigenvalue weighted by Gasteiger charge is 2.26. The Balaban J connectivity index is 2.11. The third-order valence-corrected chi connectivity index (χ3v) is 5.21. The highest BCUT2D eigenvalue weighted by atomic mass is 127. The molecule has 2 amide bonds. The second kappa shape index (κ2) is 10.7. The number of benzene rings is 2. The van der Waals surface area contributed by atoms with Gasteiger partial charge in [0.1, 0.15) is 11.8 Å². The first-order valence-corrected chi connectivity index (χ1v) is 10.5. The van der Waals surface area contributed by atoms with Crippen LogP contribution in [0.1, 0.15) is 19.4 Å². The molecule has 0 unspecified atom stereocenters. The number of rotatable bonds is 8. The van der Waals surface area contributed by atoms with Crippen LogP contribution in [-0.2, 0) is 16.1 Å². The molecule has 0 fully saturated rings. The van der Waals surface area contributed by atoms with Crippen LogP contribution < -0.4 is 10.1 Å². The van der Waals surface area contributed by atoms with E-state index in [4.69, 9.17) is 4.74 Å². The summed E-state index contributed by atoms with van der Waals surface area (Å²) in [7, 11) is 0. The van der Waals surface area contributed by atoms with Gasteiger partial charge < -0.3 is 15.0 Å². The second-order valence-corrected chi connectivity index (χ2v) is 8.12. The number of halogens is 2. The van der Waals surface area contributed by atoms with Gasteiger partial charge in [-0.05, 0) is 78.4 Å². The lowest BCUT2D eigenvalue weighted by Gasteiger charge is -2.28. The quantitative estimate of drug-likeness (QED) is 0.511. The number of amides is 2. The molecular weight excluding hydrogens is 523 g/mol. The van der Waals surface area contributed by atoms with Gasteiger partial charge in [-0.2, -0.15) is 0 Å². The van der Waals surface area contributed by atoms with Gasteiger partial charge in [0, 0.05) is 21.1 Å². The maximum Gasteiger partial charge on any atom is 0.261 e. The number of carbonyl (C=O) groups is 2. The standard InChI is InChI=1S/C20H22BrIN2O3/c1-3-23-20(26)14(2)24(12-15-4-6-16(21)7-5-15)19(25)13-27-18-10-8-17(22)9-11-18/h4-11,14H,3,12-13H2,1-2H3,(H,23,26)/t14-/m1/s1. The number of nitrogens with one attached hydrogen (secondary N) is 1. The van der Waals surface area contributed by atoms with Crippen molar-refractivity contribution in [3.05, 3.63) is 62.1 Å². The molecule has 5 nitrogen and oxygen atoms in total. The van der Waals surface area contributed by atoms with E-state index in [1.165, 1.54) is 0 Å². The molecule has 2 aromatic rings. The first kappa shape index (κ1) is 21.7. The van der Waals surface area contributed by atoms with Crippen molar-refractivity contribution in [3.63, 3.8) is 0 Å². The number of ether oxygens (including phenoxy) is 1. The van der Waals surface area contributed by atoms with Crippen LogP contribution in [0.15, 0.2) is 53.0 Å². The SMILES string of the molecule is CCNC(=O)[C@@H](C)N(Cc1ccc(Br)cc1)C(=O)COc1ccc(I)cc1. The fraction of sp³-hybridized carbons (Fsp3) is 0.300. The fourth-order valence-electron chi connectivity index (χ4n) is 2.45. The Labute approximate surface area is 181 Å². The molecule has 0 aliphatic carbocycles. The van der Waals surface area contributed by atoms with Crippen molar-refractivity contribution < 1.29 is 14.3 Å². The minimum Gasteiger partial charge on any atom is -0.484 e. The van der Waals surface area contributed by atoms with E-state index >= 15 is 0 Å². The van der Waals surface area contributed by atoms with Crippen molar-refractivity contribution in [1.29, 1.82) is 0 Å². The largest absolute Gasteiger partial charge is 0.484 e. The molecule has 0 aliphatic heterocycles. The lowest BCUT2D eigenvalue weighted by atomic mass is 10.1. The van der Waals surface area contributed by atoms with Crippen LogP contribution >= 0.6 is 38.5 Å². The van der Waals surface area contributed by atoms with Crippen LogP contribution in [0, 0.1) is 3.57 Å². The monoisotopic (exact) mass is 544 g/mol. The molecule has 0 aromatic heterocycles. The van der Waals surface area contributed by atoms with Gasteiger partial charge in [0.25, 0.3) is 5.91 Å². The lowest BCUT2D eigenvalue weighted by molar-refractivity contribution is -0.142. The molecule has 0 spiro atoms. The molecule has 2 aromatic carbocycles. The normalized spacial score (nSPS) is 11.6. The van der Waals surface area contributed by atoms with E-state index in [2.05, 4.69) is 43.8 Å². The number of nitrogens with zero attached hydrogens (tertiary/aromatic N) is 1. The summed E-state index contributed by atoms with van der Waals surface area (Å²) in [6, 6.07) is 14.6. The molecule has 0 saturated carbocycles. The summed E-state index contributed by atoms with van der Waals surface area (Å²) in [5.74, 6) is 0.200. The van der Waals surface area contributed by atoms with Gasteiger partial charge in [0.2, 0.25) is 5.91 Å². The van der Waals surface area contributed by atoms with Crippen molar-refractivity contribution in [2.75, 3.05) is 13.2 Å². The van der Waals surface area contributed by atoms with E-state index in [-0.39, 0.29) is 18.4 Å². The molecule has 0 heterocycles. The number of carbonyl (C=O) groups excluding carboxylic acids is 2. The van der Waals surface area contributed by atoms with Crippen molar-refractivity contribution in [2.45, 2.75) is 26.4 Å². The third-order valence-electron chi connectivity index (χ3n) is 3.96. The number of hydrogen-bond acceptors (Lipinski definition) is 3. The zero-order valence-electron chi connectivity index (χ0n) is 15.2. The topological polar surface area (TPSA) is 58.6 Å². The molecule has 2 rings (SSSR count). The molecule has 1 N–H and O–H groups in total. The van der Waals surface area contributed by atoms with Crippen LogP contribution in [0.25, 0.3) is 0 Å². The van der Waals surface area contributed by atoms with E-state index in [1.54, 1.807) is 11.8 Å². The Morgan fingerprint density at radius 3 is 2.37 bits per heavy atom. The Bertz CT molecular complexity index is 766. The number of likely N-dealkylation sites (N-methyl/N-ethyl adjacent to an activating group) is 1. The zero-order chi connectivity index (χ0) is 19.8. The first-order valence-electron chi connectivity index (χ1n) is 8.60. The third kappa shape index (κ3) is 6.80. The van der Waals surface area contributed by atoms with Crippen molar-refractivity contribution in [3.8, 4) is 5.75 Å². The minimum absolute atomic E-state index is 0.124. The fourth-order valence-corrected chi connectivity index (χ4v) is 3.07. The molecular formula is C20H22BrIN2O3. The van der Waals surface area contributed by atoms with Gasteiger partial charge in [-0.15, -0.1) is 0 Å². The Morgan fingerprint density at radius 2 is 1.78 bits per heavy atom. The predicted molar refractivity (Wildman–Crippen MR) is 117 cm³/mol. The van der Waals surface area contributed by atoms with Gasteiger partial charge in [0.15, 0.2) is 6.61 Å². The average molecular weight is 545 g/mol. The van der Waals surface area contributed by atoms with Gasteiger partial charge in [-0.1, -0.05) is 28.1 Å². The molecule has 0 saturated heterocycles. The van der Waals surface area contributed by atoms with E-state index in [1.807, 2.05) is 55.5 Å². The first-order chi connectivity index (χ1) is 12.9. The molecule has 1 atom stereocenters. The van der Waals surface area contributed by atoms with Crippen LogP contribution in [-0.4, -0.2) is 35.9 Å². The summed E-state index contributed by atoms with van der Waals surface area (Å²) in [5.41, 5.74) is 0.942. The van der Waals surface area contributed by atoms with E-state index in [9.17, 15) is 9.59 Å². The number of hydrogen-bond donors (Lipinski definition) is 1. The summed E-state index contributed by atoms with van der Waals surface area (Å²) in [6.07, 6.45) is 0. The molecule has 0 bridgehead atoms. The Morgan fingerprint density at radius 1 is 1.15 bits per heavy atom. The average Bonchev–Trinajstić information content (AvgIpc) is 2.66. The van der Waals surface area contributed by atoms with Gasteiger partial charge >= 0.3 is 0 Å². The summed E-state index contributed by atoms with van der Waals surface area (Å²) < 4.78 is 7.67. The van der Waals surface area contributed by atoms with Crippen LogP contribution in [0.3, 0.4) is 0 Å². The van der Waals surface area contributed by atoms with E-state index in [0.717, 1.165) is 13.6 Å². The van der Waals surface area contributed by atoms with Crippen LogP contribution in [0.4, 0.5) is 0 Å². The lowest BCUT2D eigenvalue weighted by Crippen LogP contribution is -2.49. The molecule has 27 heavy (non-hydrogen) atoms. The van der Waals surface area contributed by atoms with Gasteiger partial charge in [-0.25, -0.2) is 0 Å². The summed E-state index contributed by atoms with van der Waals surface area (Å²) in [6.45, 7) is 4.31. The maximum absolute atomic E-state index is 12.8. The van der Waals surface area contributed by atoms with Gasteiger partial charge in [0.05, 0.1) is 0 Å². The maximum atomic E-state index is 12.8. The smallest absolute Gasteiger partial charge is 0.261 e. The summed E-state index contributed by atoms with van der Waals surface area (Å²) in [5, 5.41) is 2.77. The summed E-state index contributed by atoms with van der Waals surface area (Å²) in [4.78, 5) is 26.6. The van der Waals surface area contributed by atoms with E-state index < -0.39 is 6.04 Å². The van der Waals surface area contributed by atoms with Crippen molar-refractivity contribution in [2.24, 2.45) is 0 Å².